The van der Waals surface area contributed by atoms with Crippen molar-refractivity contribution < 1.29 is 17.9 Å². The predicted octanol–water partition coefficient (Wildman–Crippen LogP) is 1.81. The molecular formula is C10H16F3N3OS. The molecule has 104 valence electrons. The van der Waals surface area contributed by atoms with Crippen LogP contribution in [0.4, 0.5) is 13.2 Å². The normalized spacial score (nSPS) is 12.0. The Morgan fingerprint density at radius 1 is 1.22 bits per heavy atom. The van der Waals surface area contributed by atoms with Crippen LogP contribution in [0.25, 0.3) is 0 Å². The summed E-state index contributed by atoms with van der Waals surface area (Å²) in [5.74, 6) is 0. The zero-order valence-corrected chi connectivity index (χ0v) is 10.9. The van der Waals surface area contributed by atoms with E-state index >= 15 is 0 Å². The van der Waals surface area contributed by atoms with Crippen LogP contribution in [0.1, 0.15) is 16.4 Å². The maximum atomic E-state index is 12.1. The maximum absolute atomic E-state index is 12.1. The molecule has 0 radical (unpaired) electrons. The molecule has 0 aliphatic carbocycles. The molecule has 1 heterocycles. The molecule has 0 aliphatic heterocycles. The Labute approximate surface area is 108 Å². The van der Waals surface area contributed by atoms with E-state index in [-0.39, 0.29) is 5.01 Å². The number of alkyl halides is 3. The Hall–Kier alpha value is -0.730. The molecule has 0 aromatic carbocycles. The fourth-order valence-corrected chi connectivity index (χ4v) is 2.21. The molecule has 0 saturated heterocycles. The predicted molar refractivity (Wildman–Crippen MR) is 62.7 cm³/mol. The summed E-state index contributed by atoms with van der Waals surface area (Å²) in [6.07, 6.45) is -3.73. The van der Waals surface area contributed by atoms with E-state index in [0.717, 1.165) is 30.8 Å². The molecule has 0 atom stereocenters. The number of ether oxygens (including phenoxy) is 1. The molecule has 18 heavy (non-hydrogen) atoms. The molecule has 0 unspecified atom stereocenters. The molecule has 0 amide bonds. The van der Waals surface area contributed by atoms with Crippen LogP contribution in [-0.2, 0) is 17.6 Å². The molecular weight excluding hydrogens is 267 g/mol. The maximum Gasteiger partial charge on any atom is 0.395 e. The van der Waals surface area contributed by atoms with Crippen molar-refractivity contribution >= 4 is 11.3 Å². The molecule has 0 spiro atoms. The molecule has 0 saturated carbocycles. The third kappa shape index (κ3) is 6.87. The highest BCUT2D eigenvalue weighted by atomic mass is 32.1. The monoisotopic (exact) mass is 283 g/mol. The van der Waals surface area contributed by atoms with Gasteiger partial charge in [0.05, 0.1) is 13.0 Å². The summed E-state index contributed by atoms with van der Waals surface area (Å²) >= 11 is 1.03. The summed E-state index contributed by atoms with van der Waals surface area (Å²) < 4.78 is 41.1. The first-order valence-electron chi connectivity index (χ1n) is 5.59. The second-order valence-corrected chi connectivity index (χ2v) is 4.87. The van der Waals surface area contributed by atoms with Gasteiger partial charge in [-0.2, -0.15) is 13.2 Å². The van der Waals surface area contributed by atoms with Crippen molar-refractivity contribution in [2.45, 2.75) is 25.4 Å². The van der Waals surface area contributed by atoms with Gasteiger partial charge < -0.3 is 10.1 Å². The fourth-order valence-electron chi connectivity index (χ4n) is 1.30. The summed E-state index contributed by atoms with van der Waals surface area (Å²) in [6, 6.07) is 0. The fraction of sp³-hybridized carbons (Fsp3) is 0.800. The first-order valence-corrected chi connectivity index (χ1v) is 6.40. The van der Waals surface area contributed by atoms with Crippen molar-refractivity contribution in [3.05, 3.63) is 10.0 Å². The Morgan fingerprint density at radius 2 is 1.94 bits per heavy atom. The van der Waals surface area contributed by atoms with Crippen molar-refractivity contribution in [2.75, 3.05) is 26.8 Å². The van der Waals surface area contributed by atoms with E-state index < -0.39 is 12.6 Å². The zero-order valence-electron chi connectivity index (χ0n) is 10.1. The minimum absolute atomic E-state index is 0.0323. The molecule has 1 aromatic heterocycles. The van der Waals surface area contributed by atoms with Gasteiger partial charge in [0.15, 0.2) is 0 Å². The lowest BCUT2D eigenvalue weighted by atomic mass is 10.3. The second kappa shape index (κ2) is 7.65. The number of methoxy groups -OCH3 is 1. The van der Waals surface area contributed by atoms with Crippen molar-refractivity contribution in [1.29, 1.82) is 0 Å². The molecule has 1 rings (SSSR count). The average Bonchev–Trinajstić information content (AvgIpc) is 2.68. The van der Waals surface area contributed by atoms with E-state index in [9.17, 15) is 13.2 Å². The first kappa shape index (κ1) is 15.3. The van der Waals surface area contributed by atoms with Crippen LogP contribution >= 0.6 is 11.3 Å². The smallest absolute Gasteiger partial charge is 0.383 e. The lowest BCUT2D eigenvalue weighted by molar-refractivity contribution is -0.127. The summed E-state index contributed by atoms with van der Waals surface area (Å²) in [5, 5.41) is 11.1. The summed E-state index contributed by atoms with van der Waals surface area (Å²) in [7, 11) is 1.63. The molecule has 0 fully saturated rings. The Balaban J connectivity index is 2.19. The van der Waals surface area contributed by atoms with Gasteiger partial charge in [-0.15, -0.1) is 21.5 Å². The number of nitrogens with zero attached hydrogens (tertiary/aromatic N) is 2. The Kier molecular flexibility index (Phi) is 6.51. The number of nitrogens with one attached hydrogen (secondary N) is 1. The van der Waals surface area contributed by atoms with Gasteiger partial charge in [0.1, 0.15) is 10.0 Å². The molecule has 1 N–H and O–H groups in total. The summed E-state index contributed by atoms with van der Waals surface area (Å²) in [4.78, 5) is 0. The van der Waals surface area contributed by atoms with Crippen LogP contribution < -0.4 is 5.32 Å². The van der Waals surface area contributed by atoms with E-state index in [1.54, 1.807) is 7.11 Å². The summed E-state index contributed by atoms with van der Waals surface area (Å²) in [5.41, 5.74) is 0. The van der Waals surface area contributed by atoms with Crippen LogP contribution in [0.2, 0.25) is 0 Å². The minimum atomic E-state index is -4.21. The Morgan fingerprint density at radius 3 is 2.61 bits per heavy atom. The van der Waals surface area contributed by atoms with Crippen LogP contribution in [0.3, 0.4) is 0 Å². The van der Waals surface area contributed by atoms with E-state index in [2.05, 4.69) is 15.5 Å². The van der Waals surface area contributed by atoms with E-state index in [4.69, 9.17) is 4.74 Å². The number of aromatic nitrogens is 2. The van der Waals surface area contributed by atoms with E-state index in [0.29, 0.717) is 18.0 Å². The molecule has 0 bridgehead atoms. The van der Waals surface area contributed by atoms with Crippen molar-refractivity contribution in [2.24, 2.45) is 0 Å². The second-order valence-electron chi connectivity index (χ2n) is 3.73. The van der Waals surface area contributed by atoms with Gasteiger partial charge in [-0.25, -0.2) is 0 Å². The highest BCUT2D eigenvalue weighted by Gasteiger charge is 2.29. The minimum Gasteiger partial charge on any atom is -0.383 e. The third-order valence-electron chi connectivity index (χ3n) is 2.09. The average molecular weight is 283 g/mol. The van der Waals surface area contributed by atoms with Gasteiger partial charge in [0.25, 0.3) is 0 Å². The number of hydrogen-bond donors (Lipinski definition) is 1. The number of aryl methyl sites for hydroxylation is 1. The molecule has 8 heteroatoms. The Bertz CT molecular complexity index is 343. The number of halogens is 3. The molecule has 1 aromatic rings. The molecule has 4 nitrogen and oxygen atoms in total. The van der Waals surface area contributed by atoms with Gasteiger partial charge in [0, 0.05) is 20.1 Å². The van der Waals surface area contributed by atoms with Crippen LogP contribution in [0.15, 0.2) is 0 Å². The standard InChI is InChI=1S/C10H16F3N3OS/c1-17-6-5-14-4-2-3-8-15-16-9(18-8)7-10(11,12)13/h14H,2-7H2,1H3. The first-order chi connectivity index (χ1) is 8.51. The van der Waals surface area contributed by atoms with E-state index in [1.807, 2.05) is 0 Å². The number of hydrogen-bond acceptors (Lipinski definition) is 5. The van der Waals surface area contributed by atoms with Gasteiger partial charge >= 0.3 is 6.18 Å². The van der Waals surface area contributed by atoms with Crippen LogP contribution in [0, 0.1) is 0 Å². The third-order valence-corrected chi connectivity index (χ3v) is 3.07. The van der Waals surface area contributed by atoms with Crippen molar-refractivity contribution in [3.63, 3.8) is 0 Å². The van der Waals surface area contributed by atoms with Gasteiger partial charge in [-0.05, 0) is 13.0 Å². The SMILES string of the molecule is COCCNCCCc1nnc(CC(F)(F)F)s1. The highest BCUT2D eigenvalue weighted by Crippen LogP contribution is 2.23. The molecule has 0 aliphatic rings. The van der Waals surface area contributed by atoms with Gasteiger partial charge in [-0.1, -0.05) is 0 Å². The van der Waals surface area contributed by atoms with Gasteiger partial charge in [-0.3, -0.25) is 0 Å². The number of rotatable bonds is 8. The quantitative estimate of drug-likeness (QED) is 0.739. The van der Waals surface area contributed by atoms with Crippen molar-refractivity contribution in [3.8, 4) is 0 Å². The largest absolute Gasteiger partial charge is 0.395 e. The lowest BCUT2D eigenvalue weighted by Crippen LogP contribution is -2.20. The van der Waals surface area contributed by atoms with Gasteiger partial charge in [0.2, 0.25) is 0 Å². The topological polar surface area (TPSA) is 47.0 Å². The van der Waals surface area contributed by atoms with Crippen LogP contribution in [-0.4, -0.2) is 43.2 Å². The zero-order chi connectivity index (χ0) is 13.4. The van der Waals surface area contributed by atoms with E-state index in [1.165, 1.54) is 0 Å². The highest BCUT2D eigenvalue weighted by molar-refractivity contribution is 7.11. The lowest BCUT2D eigenvalue weighted by Gasteiger charge is -2.02. The van der Waals surface area contributed by atoms with Crippen molar-refractivity contribution in [1.82, 2.24) is 15.5 Å². The summed E-state index contributed by atoms with van der Waals surface area (Å²) in [6.45, 7) is 2.21. The van der Waals surface area contributed by atoms with Crippen LogP contribution in [0.5, 0.6) is 0 Å².